The van der Waals surface area contributed by atoms with Crippen LogP contribution in [0.5, 0.6) is 0 Å². The quantitative estimate of drug-likeness (QED) is 0.378. The molecule has 0 fully saturated rings. The predicted molar refractivity (Wildman–Crippen MR) is 134 cm³/mol. The summed E-state index contributed by atoms with van der Waals surface area (Å²) in [7, 11) is 0. The van der Waals surface area contributed by atoms with Gasteiger partial charge in [-0.3, -0.25) is 0 Å². The molecule has 0 saturated carbocycles. The fourth-order valence-electron chi connectivity index (χ4n) is 4.79. The molecular formula is C26H29BrN4. The molecule has 3 heterocycles. The van der Waals surface area contributed by atoms with Crippen LogP contribution in [0.25, 0.3) is 0 Å². The van der Waals surface area contributed by atoms with Crippen LogP contribution >= 0.6 is 15.9 Å². The Morgan fingerprint density at radius 2 is 1.55 bits per heavy atom. The summed E-state index contributed by atoms with van der Waals surface area (Å²) in [6.45, 7) is 15.1. The number of benzene rings is 2. The van der Waals surface area contributed by atoms with Gasteiger partial charge in [0.2, 0.25) is 0 Å². The largest absolute Gasteiger partial charge is 0.301 e. The SMILES string of the molecule is C=C.CCc1ccc(N2c3nccnc3N3c4cc(Br)c(CC)cc4C(C)(C)C23)cc1. The van der Waals surface area contributed by atoms with Gasteiger partial charge in [0, 0.05) is 33.7 Å². The van der Waals surface area contributed by atoms with Gasteiger partial charge in [-0.15, -0.1) is 13.2 Å². The van der Waals surface area contributed by atoms with E-state index in [1.807, 2.05) is 0 Å². The van der Waals surface area contributed by atoms with Crippen LogP contribution in [0.1, 0.15) is 44.4 Å². The first-order valence-electron chi connectivity index (χ1n) is 10.8. The van der Waals surface area contributed by atoms with Crippen LogP contribution in [-0.4, -0.2) is 16.1 Å². The molecule has 0 amide bonds. The molecule has 0 radical (unpaired) electrons. The highest BCUT2D eigenvalue weighted by atomic mass is 79.9. The van der Waals surface area contributed by atoms with Gasteiger partial charge in [0.15, 0.2) is 11.6 Å². The van der Waals surface area contributed by atoms with E-state index in [1.54, 1.807) is 12.4 Å². The monoisotopic (exact) mass is 476 g/mol. The van der Waals surface area contributed by atoms with Crippen molar-refractivity contribution in [3.05, 3.63) is 83.1 Å². The van der Waals surface area contributed by atoms with Gasteiger partial charge in [-0.1, -0.05) is 61.8 Å². The van der Waals surface area contributed by atoms with E-state index in [1.165, 1.54) is 22.4 Å². The number of rotatable bonds is 3. The maximum atomic E-state index is 4.75. The average molecular weight is 477 g/mol. The van der Waals surface area contributed by atoms with Gasteiger partial charge in [0.1, 0.15) is 6.17 Å². The molecule has 1 atom stereocenters. The Bertz CT molecular complexity index is 1110. The first kappa shape index (κ1) is 21.6. The molecule has 0 saturated heterocycles. The summed E-state index contributed by atoms with van der Waals surface area (Å²) in [5.41, 5.74) is 6.34. The number of halogens is 1. The van der Waals surface area contributed by atoms with E-state index in [2.05, 4.69) is 103 Å². The van der Waals surface area contributed by atoms with Crippen molar-refractivity contribution in [2.75, 3.05) is 9.80 Å². The third-order valence-corrected chi connectivity index (χ3v) is 7.11. The Hall–Kier alpha value is -2.66. The minimum absolute atomic E-state index is 0.0915. The van der Waals surface area contributed by atoms with E-state index in [0.717, 1.165) is 34.6 Å². The van der Waals surface area contributed by atoms with Gasteiger partial charge in [0.25, 0.3) is 0 Å². The summed E-state index contributed by atoms with van der Waals surface area (Å²) >= 11 is 3.78. The number of hydrogen-bond acceptors (Lipinski definition) is 4. The smallest absolute Gasteiger partial charge is 0.178 e. The highest BCUT2D eigenvalue weighted by Gasteiger charge is 2.55. The van der Waals surface area contributed by atoms with Crippen molar-refractivity contribution in [3.8, 4) is 0 Å². The van der Waals surface area contributed by atoms with Crippen molar-refractivity contribution >= 4 is 38.9 Å². The summed E-state index contributed by atoms with van der Waals surface area (Å²) < 4.78 is 1.16. The second-order valence-electron chi connectivity index (χ2n) is 8.37. The number of hydrogen-bond donors (Lipinski definition) is 0. The van der Waals surface area contributed by atoms with E-state index in [9.17, 15) is 0 Å². The van der Waals surface area contributed by atoms with E-state index < -0.39 is 0 Å². The van der Waals surface area contributed by atoms with Gasteiger partial charge >= 0.3 is 0 Å². The van der Waals surface area contributed by atoms with Gasteiger partial charge < -0.3 is 9.80 Å². The second-order valence-corrected chi connectivity index (χ2v) is 9.23. The predicted octanol–water partition coefficient (Wildman–Crippen LogP) is 7.07. The second kappa shape index (κ2) is 8.12. The zero-order valence-corrected chi connectivity index (χ0v) is 20.3. The maximum absolute atomic E-state index is 4.75. The van der Waals surface area contributed by atoms with E-state index in [4.69, 9.17) is 9.97 Å². The minimum Gasteiger partial charge on any atom is -0.301 e. The summed E-state index contributed by atoms with van der Waals surface area (Å²) in [5.74, 6) is 1.86. The van der Waals surface area contributed by atoms with E-state index >= 15 is 0 Å². The Kier molecular flexibility index (Phi) is 5.65. The Morgan fingerprint density at radius 3 is 2.13 bits per heavy atom. The van der Waals surface area contributed by atoms with Crippen molar-refractivity contribution in [2.45, 2.75) is 52.1 Å². The molecule has 1 aromatic heterocycles. The maximum Gasteiger partial charge on any atom is 0.178 e. The molecule has 2 aromatic carbocycles. The van der Waals surface area contributed by atoms with Crippen LogP contribution in [0.4, 0.5) is 23.0 Å². The molecule has 0 bridgehead atoms. The van der Waals surface area contributed by atoms with E-state index in [0.29, 0.717) is 0 Å². The van der Waals surface area contributed by atoms with Gasteiger partial charge in [-0.25, -0.2) is 9.97 Å². The molecule has 2 aliphatic heterocycles. The molecule has 5 rings (SSSR count). The van der Waals surface area contributed by atoms with Crippen LogP contribution in [0.2, 0.25) is 0 Å². The normalized spacial score (nSPS) is 17.5. The van der Waals surface area contributed by atoms with Crippen molar-refractivity contribution < 1.29 is 0 Å². The average Bonchev–Trinajstić information content (AvgIpc) is 3.26. The van der Waals surface area contributed by atoms with Gasteiger partial charge in [0.05, 0.1) is 0 Å². The van der Waals surface area contributed by atoms with Gasteiger partial charge in [-0.2, -0.15) is 0 Å². The molecule has 4 nitrogen and oxygen atoms in total. The fraction of sp³-hybridized carbons (Fsp3) is 0.308. The lowest BCUT2D eigenvalue weighted by Crippen LogP contribution is -2.46. The van der Waals surface area contributed by atoms with Crippen molar-refractivity contribution in [2.24, 2.45) is 0 Å². The molecule has 2 aliphatic rings. The first-order chi connectivity index (χ1) is 15.0. The van der Waals surface area contributed by atoms with Crippen molar-refractivity contribution in [3.63, 3.8) is 0 Å². The van der Waals surface area contributed by atoms with Crippen LogP contribution in [-0.2, 0) is 18.3 Å². The summed E-state index contributed by atoms with van der Waals surface area (Å²) in [6.07, 6.45) is 5.73. The zero-order chi connectivity index (χ0) is 22.3. The first-order valence-corrected chi connectivity index (χ1v) is 11.6. The lowest BCUT2D eigenvalue weighted by molar-refractivity contribution is 0.449. The van der Waals surface area contributed by atoms with Crippen molar-refractivity contribution in [1.29, 1.82) is 0 Å². The molecule has 0 aliphatic carbocycles. The molecule has 0 spiro atoms. The lowest BCUT2D eigenvalue weighted by Gasteiger charge is -2.36. The molecule has 3 aromatic rings. The van der Waals surface area contributed by atoms with Crippen molar-refractivity contribution in [1.82, 2.24) is 9.97 Å². The summed E-state index contributed by atoms with van der Waals surface area (Å²) in [4.78, 5) is 14.2. The topological polar surface area (TPSA) is 32.3 Å². The standard InChI is InChI=1S/C24H25BrN4.C2H4/c1-5-15-7-9-17(10-8-15)28-21-22(27-12-11-26-21)29-20-14-19(25)16(6-2)13-18(20)24(3,4)23(28)29;1-2/h7-14,23H,5-6H2,1-4H3;1-2H2. The molecule has 0 N–H and O–H groups in total. The third-order valence-electron chi connectivity index (χ3n) is 6.37. The summed E-state index contributed by atoms with van der Waals surface area (Å²) in [5, 5.41) is 0. The summed E-state index contributed by atoms with van der Waals surface area (Å²) in [6, 6.07) is 13.5. The molecule has 1 unspecified atom stereocenters. The highest BCUT2D eigenvalue weighted by Crippen LogP contribution is 2.58. The van der Waals surface area contributed by atoms with Crippen LogP contribution in [0, 0.1) is 0 Å². The van der Waals surface area contributed by atoms with Crippen LogP contribution in [0.3, 0.4) is 0 Å². The number of anilines is 4. The number of aryl methyl sites for hydroxylation is 2. The molecular weight excluding hydrogens is 448 g/mol. The Balaban J connectivity index is 0.00000112. The van der Waals surface area contributed by atoms with Gasteiger partial charge in [-0.05, 0) is 47.7 Å². The Labute approximate surface area is 193 Å². The number of fused-ring (bicyclic) bond motifs is 5. The number of nitrogens with zero attached hydrogens (tertiary/aromatic N) is 4. The zero-order valence-electron chi connectivity index (χ0n) is 18.7. The molecule has 160 valence electrons. The highest BCUT2D eigenvalue weighted by molar-refractivity contribution is 9.10. The van der Waals surface area contributed by atoms with Crippen LogP contribution in [0.15, 0.2) is 66.4 Å². The number of aromatic nitrogens is 2. The third kappa shape index (κ3) is 3.18. The van der Waals surface area contributed by atoms with Crippen LogP contribution < -0.4 is 9.80 Å². The molecule has 31 heavy (non-hydrogen) atoms. The lowest BCUT2D eigenvalue weighted by atomic mass is 9.82. The minimum atomic E-state index is -0.0915. The Morgan fingerprint density at radius 1 is 0.935 bits per heavy atom. The van der Waals surface area contributed by atoms with E-state index in [-0.39, 0.29) is 11.6 Å². The fourth-order valence-corrected chi connectivity index (χ4v) is 5.40. The molecule has 5 heteroatoms.